The number of carbonyl (C=O) groups is 1. The second-order valence-corrected chi connectivity index (χ2v) is 3.79. The van der Waals surface area contributed by atoms with E-state index in [0.29, 0.717) is 6.54 Å². The molecule has 0 N–H and O–H groups in total. The van der Waals surface area contributed by atoms with E-state index in [0.717, 1.165) is 17.4 Å². The molecule has 0 aliphatic rings. The molecule has 0 bridgehead atoms. The van der Waals surface area contributed by atoms with Crippen molar-refractivity contribution in [3.05, 3.63) is 32.6 Å². The van der Waals surface area contributed by atoms with Crippen molar-refractivity contribution in [3.8, 4) is 0 Å². The molecule has 0 aliphatic carbocycles. The van der Waals surface area contributed by atoms with Crippen LogP contribution >= 0.6 is 0 Å². The van der Waals surface area contributed by atoms with E-state index >= 15 is 0 Å². The van der Waals surface area contributed by atoms with Gasteiger partial charge in [0.25, 0.3) is 5.56 Å². The van der Waals surface area contributed by atoms with E-state index in [1.54, 1.807) is 0 Å². The molecule has 0 spiro atoms. The number of aryl methyl sites for hydroxylation is 1. The zero-order chi connectivity index (χ0) is 12.3. The van der Waals surface area contributed by atoms with Crippen LogP contribution in [0.5, 0.6) is 0 Å². The number of hydrogen-bond acceptors (Lipinski definition) is 3. The number of unbranched alkanes of at least 4 members (excludes halogenated alkanes) is 1. The van der Waals surface area contributed by atoms with Crippen molar-refractivity contribution < 1.29 is 4.79 Å². The summed E-state index contributed by atoms with van der Waals surface area (Å²) in [6, 6.07) is 0. The zero-order valence-electron chi connectivity index (χ0n) is 9.82. The highest BCUT2D eigenvalue weighted by Crippen LogP contribution is 1.94. The van der Waals surface area contributed by atoms with Crippen LogP contribution < -0.4 is 11.2 Å². The molecule has 5 nitrogen and oxygen atoms in total. The molecule has 0 saturated carbocycles. The summed E-state index contributed by atoms with van der Waals surface area (Å²) in [7, 11) is 1.39. The van der Waals surface area contributed by atoms with Crippen LogP contribution in [0.3, 0.4) is 0 Å². The third-order valence-corrected chi connectivity index (χ3v) is 2.48. The van der Waals surface area contributed by atoms with Gasteiger partial charge in [-0.15, -0.1) is 0 Å². The Morgan fingerprint density at radius 2 is 2.00 bits per heavy atom. The number of carbonyl (C=O) groups excluding carboxylic acids is 1. The van der Waals surface area contributed by atoms with Crippen LogP contribution in [-0.4, -0.2) is 14.9 Å². The maximum atomic E-state index is 11.7. The van der Waals surface area contributed by atoms with E-state index in [1.165, 1.54) is 24.7 Å². The Balaban J connectivity index is 3.36. The molecule has 0 unspecified atom stereocenters. The molecular formula is C11H16N2O3. The van der Waals surface area contributed by atoms with Gasteiger partial charge in [0.1, 0.15) is 0 Å². The third-order valence-electron chi connectivity index (χ3n) is 2.48. The van der Waals surface area contributed by atoms with Gasteiger partial charge in [0.2, 0.25) is 0 Å². The Morgan fingerprint density at radius 1 is 1.38 bits per heavy atom. The minimum atomic E-state index is -0.523. The van der Waals surface area contributed by atoms with Gasteiger partial charge in [0.15, 0.2) is 5.78 Å². The number of Topliss-reactive ketones (excluding diaryl/α,β-unsaturated/α-hetero) is 1. The predicted octanol–water partition coefficient (Wildman–Crippen LogP) is 0.550. The molecular weight excluding hydrogens is 208 g/mol. The number of ketones is 1. The highest BCUT2D eigenvalue weighted by atomic mass is 16.2. The average molecular weight is 224 g/mol. The van der Waals surface area contributed by atoms with Crippen LogP contribution in [0.4, 0.5) is 0 Å². The molecule has 1 heterocycles. The summed E-state index contributed by atoms with van der Waals surface area (Å²) in [5, 5.41) is 0. The lowest BCUT2D eigenvalue weighted by Gasteiger charge is -2.08. The Kier molecular flexibility index (Phi) is 3.82. The maximum absolute atomic E-state index is 11.7. The molecule has 0 saturated heterocycles. The summed E-state index contributed by atoms with van der Waals surface area (Å²) >= 11 is 0. The standard InChI is InChI=1S/C11H16N2O3/c1-4-5-6-13-7-9(8(2)14)10(15)12(3)11(13)16/h7H,4-6H2,1-3H3. The molecule has 0 radical (unpaired) electrons. The molecule has 5 heteroatoms. The third kappa shape index (κ3) is 2.29. The van der Waals surface area contributed by atoms with Crippen LogP contribution in [-0.2, 0) is 13.6 Å². The lowest BCUT2D eigenvalue weighted by atomic mass is 10.2. The van der Waals surface area contributed by atoms with E-state index in [2.05, 4.69) is 0 Å². The summed E-state index contributed by atoms with van der Waals surface area (Å²) in [5.74, 6) is -0.314. The molecule has 0 aliphatic heterocycles. The van der Waals surface area contributed by atoms with Crippen molar-refractivity contribution in [1.82, 2.24) is 9.13 Å². The molecule has 0 fully saturated rings. The average Bonchev–Trinajstić information content (AvgIpc) is 2.24. The van der Waals surface area contributed by atoms with Crippen molar-refractivity contribution >= 4 is 5.78 Å². The first-order chi connectivity index (χ1) is 7.49. The summed E-state index contributed by atoms with van der Waals surface area (Å²) in [6.45, 7) is 3.87. The molecule has 1 aromatic rings. The number of hydrogen-bond donors (Lipinski definition) is 0. The lowest BCUT2D eigenvalue weighted by Crippen LogP contribution is -2.40. The monoisotopic (exact) mass is 224 g/mol. The zero-order valence-corrected chi connectivity index (χ0v) is 9.82. The molecule has 1 rings (SSSR count). The maximum Gasteiger partial charge on any atom is 0.330 e. The van der Waals surface area contributed by atoms with Gasteiger partial charge in [-0.2, -0.15) is 0 Å². The SMILES string of the molecule is CCCCn1cc(C(C)=O)c(=O)n(C)c1=O. The smallest absolute Gasteiger partial charge is 0.300 e. The summed E-state index contributed by atoms with van der Waals surface area (Å²) in [5.41, 5.74) is -0.827. The Morgan fingerprint density at radius 3 is 2.50 bits per heavy atom. The minimum absolute atomic E-state index is 0.0678. The van der Waals surface area contributed by atoms with Gasteiger partial charge in [-0.05, 0) is 13.3 Å². The van der Waals surface area contributed by atoms with E-state index < -0.39 is 5.56 Å². The Labute approximate surface area is 93.3 Å². The van der Waals surface area contributed by atoms with Crippen molar-refractivity contribution in [3.63, 3.8) is 0 Å². The van der Waals surface area contributed by atoms with Gasteiger partial charge < -0.3 is 0 Å². The van der Waals surface area contributed by atoms with Crippen molar-refractivity contribution in [2.75, 3.05) is 0 Å². The fourth-order valence-corrected chi connectivity index (χ4v) is 1.46. The second kappa shape index (κ2) is 4.92. The fourth-order valence-electron chi connectivity index (χ4n) is 1.46. The van der Waals surface area contributed by atoms with E-state index in [9.17, 15) is 14.4 Å². The van der Waals surface area contributed by atoms with E-state index in [-0.39, 0.29) is 17.0 Å². The van der Waals surface area contributed by atoms with E-state index in [1.807, 2.05) is 6.92 Å². The van der Waals surface area contributed by atoms with Crippen molar-refractivity contribution in [1.29, 1.82) is 0 Å². The summed E-state index contributed by atoms with van der Waals surface area (Å²) < 4.78 is 2.40. The van der Waals surface area contributed by atoms with Gasteiger partial charge in [-0.3, -0.25) is 18.7 Å². The molecule has 1 aromatic heterocycles. The van der Waals surface area contributed by atoms with Gasteiger partial charge in [-0.25, -0.2) is 4.79 Å². The fraction of sp³-hybridized carbons (Fsp3) is 0.545. The predicted molar refractivity (Wildman–Crippen MR) is 60.9 cm³/mol. The molecule has 16 heavy (non-hydrogen) atoms. The lowest BCUT2D eigenvalue weighted by molar-refractivity contribution is 0.101. The van der Waals surface area contributed by atoms with E-state index in [4.69, 9.17) is 0 Å². The first kappa shape index (κ1) is 12.4. The van der Waals surface area contributed by atoms with Crippen LogP contribution in [0.15, 0.2) is 15.8 Å². The quantitative estimate of drug-likeness (QED) is 0.702. The van der Waals surface area contributed by atoms with Gasteiger partial charge in [0.05, 0.1) is 5.56 Å². The van der Waals surface area contributed by atoms with Crippen LogP contribution in [0.1, 0.15) is 37.0 Å². The van der Waals surface area contributed by atoms with Crippen LogP contribution in [0, 0.1) is 0 Å². The number of rotatable bonds is 4. The largest absolute Gasteiger partial charge is 0.330 e. The van der Waals surface area contributed by atoms with Crippen molar-refractivity contribution in [2.45, 2.75) is 33.2 Å². The summed E-state index contributed by atoms with van der Waals surface area (Å²) in [4.78, 5) is 34.5. The normalized spacial score (nSPS) is 10.4. The Bertz CT molecular complexity index is 511. The minimum Gasteiger partial charge on any atom is -0.300 e. The van der Waals surface area contributed by atoms with Crippen LogP contribution in [0.25, 0.3) is 0 Å². The highest BCUT2D eigenvalue weighted by molar-refractivity contribution is 5.93. The second-order valence-electron chi connectivity index (χ2n) is 3.79. The van der Waals surface area contributed by atoms with Gasteiger partial charge in [-0.1, -0.05) is 13.3 Å². The van der Waals surface area contributed by atoms with Crippen LogP contribution in [0.2, 0.25) is 0 Å². The molecule has 0 amide bonds. The number of nitrogens with zero attached hydrogens (tertiary/aromatic N) is 2. The topological polar surface area (TPSA) is 61.1 Å². The van der Waals surface area contributed by atoms with Gasteiger partial charge in [0, 0.05) is 19.8 Å². The summed E-state index contributed by atoms with van der Waals surface area (Å²) in [6.07, 6.45) is 3.16. The first-order valence-electron chi connectivity index (χ1n) is 5.30. The molecule has 0 aromatic carbocycles. The number of aromatic nitrogens is 2. The van der Waals surface area contributed by atoms with Gasteiger partial charge >= 0.3 is 5.69 Å². The highest BCUT2D eigenvalue weighted by Gasteiger charge is 2.11. The van der Waals surface area contributed by atoms with Crippen molar-refractivity contribution in [2.24, 2.45) is 7.05 Å². The Hall–Kier alpha value is -1.65. The molecule has 0 atom stereocenters. The first-order valence-corrected chi connectivity index (χ1v) is 5.30. The molecule has 88 valence electrons.